The average molecular weight is 343 g/mol. The lowest BCUT2D eigenvalue weighted by atomic mass is 9.87. The van der Waals surface area contributed by atoms with Gasteiger partial charge in [0.25, 0.3) is 5.91 Å². The van der Waals surface area contributed by atoms with Crippen LogP contribution in [-0.4, -0.2) is 44.7 Å². The maximum atomic E-state index is 12.1. The zero-order valence-electron chi connectivity index (χ0n) is 14.1. The molecule has 0 bridgehead atoms. The molecule has 1 aromatic heterocycles. The van der Waals surface area contributed by atoms with Gasteiger partial charge in [0.15, 0.2) is 6.61 Å². The molecule has 1 amide bonds. The molecule has 1 aromatic carbocycles. The molecule has 1 aliphatic rings. The van der Waals surface area contributed by atoms with E-state index in [-0.39, 0.29) is 18.6 Å². The molecule has 0 saturated heterocycles. The minimum atomic E-state index is -0.553. The van der Waals surface area contributed by atoms with Crippen LogP contribution in [0.5, 0.6) is 0 Å². The van der Waals surface area contributed by atoms with Crippen LogP contribution in [0.1, 0.15) is 43.0 Å². The molecule has 1 saturated carbocycles. The van der Waals surface area contributed by atoms with Gasteiger partial charge in [-0.1, -0.05) is 13.0 Å². The summed E-state index contributed by atoms with van der Waals surface area (Å²) in [6.45, 7) is 1.95. The van der Waals surface area contributed by atoms with E-state index >= 15 is 0 Å². The number of esters is 1. The molecule has 1 aliphatic carbocycles. The van der Waals surface area contributed by atoms with Gasteiger partial charge in [-0.05, 0) is 60.2 Å². The highest BCUT2D eigenvalue weighted by Crippen LogP contribution is 2.23. The van der Waals surface area contributed by atoms with E-state index in [1.54, 1.807) is 24.3 Å². The Balaban J connectivity index is 1.51. The Hall–Kier alpha value is -2.77. The third kappa shape index (κ3) is 4.62. The van der Waals surface area contributed by atoms with Crippen molar-refractivity contribution in [1.29, 1.82) is 0 Å². The van der Waals surface area contributed by atoms with Crippen molar-refractivity contribution in [3.8, 4) is 5.69 Å². The minimum absolute atomic E-state index is 0.186. The largest absolute Gasteiger partial charge is 0.452 e. The zero-order valence-corrected chi connectivity index (χ0v) is 14.1. The van der Waals surface area contributed by atoms with Crippen LogP contribution in [0.25, 0.3) is 5.69 Å². The van der Waals surface area contributed by atoms with Crippen LogP contribution < -0.4 is 5.32 Å². The van der Waals surface area contributed by atoms with Gasteiger partial charge in [-0.15, -0.1) is 5.10 Å². The van der Waals surface area contributed by atoms with Crippen molar-refractivity contribution in [3.05, 3.63) is 36.2 Å². The lowest BCUT2D eigenvalue weighted by Gasteiger charge is -2.26. The maximum absolute atomic E-state index is 12.1. The van der Waals surface area contributed by atoms with Gasteiger partial charge in [0.1, 0.15) is 6.33 Å². The molecule has 132 valence electrons. The van der Waals surface area contributed by atoms with Crippen LogP contribution in [0, 0.1) is 5.92 Å². The highest BCUT2D eigenvalue weighted by Gasteiger charge is 2.20. The first-order valence-electron chi connectivity index (χ1n) is 8.41. The van der Waals surface area contributed by atoms with Crippen LogP contribution in [0.3, 0.4) is 0 Å². The average Bonchev–Trinajstić information content (AvgIpc) is 3.16. The number of hydrogen-bond acceptors (Lipinski definition) is 6. The van der Waals surface area contributed by atoms with Crippen molar-refractivity contribution in [2.75, 3.05) is 6.61 Å². The van der Waals surface area contributed by atoms with Gasteiger partial charge >= 0.3 is 5.97 Å². The molecule has 1 heterocycles. The van der Waals surface area contributed by atoms with Gasteiger partial charge in [-0.3, -0.25) is 4.79 Å². The van der Waals surface area contributed by atoms with Crippen LogP contribution in [0.4, 0.5) is 0 Å². The number of aromatic nitrogens is 4. The number of tetrazole rings is 1. The van der Waals surface area contributed by atoms with Gasteiger partial charge in [0.05, 0.1) is 11.3 Å². The Labute approximate surface area is 145 Å². The Morgan fingerprint density at radius 1 is 1.28 bits per heavy atom. The number of carbonyl (C=O) groups is 2. The van der Waals surface area contributed by atoms with E-state index in [9.17, 15) is 9.59 Å². The van der Waals surface area contributed by atoms with Crippen LogP contribution in [-0.2, 0) is 9.53 Å². The van der Waals surface area contributed by atoms with Crippen molar-refractivity contribution >= 4 is 11.9 Å². The summed E-state index contributed by atoms with van der Waals surface area (Å²) in [7, 11) is 0. The van der Waals surface area contributed by atoms with E-state index in [1.807, 2.05) is 0 Å². The Morgan fingerprint density at radius 2 is 2.08 bits per heavy atom. The molecule has 1 N–H and O–H groups in total. The molecule has 0 spiro atoms. The van der Waals surface area contributed by atoms with Crippen molar-refractivity contribution in [3.63, 3.8) is 0 Å². The minimum Gasteiger partial charge on any atom is -0.452 e. The third-order valence-corrected chi connectivity index (χ3v) is 4.41. The summed E-state index contributed by atoms with van der Waals surface area (Å²) in [6, 6.07) is 6.89. The van der Waals surface area contributed by atoms with E-state index < -0.39 is 5.97 Å². The van der Waals surface area contributed by atoms with Crippen molar-refractivity contribution in [2.45, 2.75) is 38.6 Å². The Kier molecular flexibility index (Phi) is 5.37. The van der Waals surface area contributed by atoms with E-state index in [4.69, 9.17) is 4.74 Å². The second-order valence-corrected chi connectivity index (χ2v) is 6.41. The number of carbonyl (C=O) groups excluding carboxylic acids is 2. The molecule has 2 aromatic rings. The SMILES string of the molecule is CC1CCC(NC(=O)COC(=O)c2cccc(-n3cnnn3)c2)CC1. The highest BCUT2D eigenvalue weighted by atomic mass is 16.5. The first-order chi connectivity index (χ1) is 12.1. The number of ether oxygens (including phenoxy) is 1. The standard InChI is InChI=1S/C17H21N5O3/c1-12-5-7-14(8-6-12)19-16(23)10-25-17(24)13-3-2-4-15(9-13)22-11-18-20-21-22/h2-4,9,11-12,14H,5-8,10H2,1H3,(H,19,23). The van der Waals surface area contributed by atoms with Crippen LogP contribution in [0.2, 0.25) is 0 Å². The van der Waals surface area contributed by atoms with Crippen molar-refractivity contribution in [2.24, 2.45) is 5.92 Å². The monoisotopic (exact) mass is 343 g/mol. The number of nitrogens with one attached hydrogen (secondary N) is 1. The molecule has 8 heteroatoms. The van der Waals surface area contributed by atoms with Crippen LogP contribution in [0.15, 0.2) is 30.6 Å². The number of nitrogens with zero attached hydrogens (tertiary/aromatic N) is 4. The van der Waals surface area contributed by atoms with Gasteiger partial charge < -0.3 is 10.1 Å². The number of rotatable bonds is 5. The molecule has 8 nitrogen and oxygen atoms in total. The number of benzene rings is 1. The first kappa shape index (κ1) is 17.1. The molecule has 3 rings (SSSR count). The normalized spacial score (nSPS) is 20.0. The summed E-state index contributed by atoms with van der Waals surface area (Å²) >= 11 is 0. The highest BCUT2D eigenvalue weighted by molar-refractivity contribution is 5.91. The Bertz CT molecular complexity index is 724. The van der Waals surface area contributed by atoms with E-state index in [2.05, 4.69) is 27.8 Å². The van der Waals surface area contributed by atoms with Crippen molar-refractivity contribution in [1.82, 2.24) is 25.5 Å². The van der Waals surface area contributed by atoms with Gasteiger partial charge in [0, 0.05) is 6.04 Å². The van der Waals surface area contributed by atoms with Gasteiger partial charge in [0.2, 0.25) is 0 Å². The van der Waals surface area contributed by atoms with Gasteiger partial charge in [-0.25, -0.2) is 9.48 Å². The summed E-state index contributed by atoms with van der Waals surface area (Å²) in [5, 5.41) is 13.8. The molecule has 0 radical (unpaired) electrons. The van der Waals surface area contributed by atoms with Crippen LogP contribution >= 0.6 is 0 Å². The number of amides is 1. The molecular weight excluding hydrogens is 322 g/mol. The molecule has 0 unspecified atom stereocenters. The van der Waals surface area contributed by atoms with E-state index in [0.29, 0.717) is 11.3 Å². The lowest BCUT2D eigenvalue weighted by Crippen LogP contribution is -2.39. The topological polar surface area (TPSA) is 99.0 Å². The van der Waals surface area contributed by atoms with E-state index in [0.717, 1.165) is 31.6 Å². The second kappa shape index (κ2) is 7.87. The summed E-state index contributed by atoms with van der Waals surface area (Å²) in [4.78, 5) is 24.1. The number of hydrogen-bond donors (Lipinski definition) is 1. The fourth-order valence-corrected chi connectivity index (χ4v) is 2.94. The molecule has 1 fully saturated rings. The first-order valence-corrected chi connectivity index (χ1v) is 8.41. The molecular formula is C17H21N5O3. The molecule has 0 atom stereocenters. The summed E-state index contributed by atoms with van der Waals surface area (Å²) in [5.41, 5.74) is 0.979. The summed E-state index contributed by atoms with van der Waals surface area (Å²) in [5.74, 6) is -0.0923. The Morgan fingerprint density at radius 3 is 2.80 bits per heavy atom. The zero-order chi connectivity index (χ0) is 17.6. The summed E-state index contributed by atoms with van der Waals surface area (Å²) < 4.78 is 6.55. The predicted molar refractivity (Wildman–Crippen MR) is 89.0 cm³/mol. The molecule has 25 heavy (non-hydrogen) atoms. The lowest BCUT2D eigenvalue weighted by molar-refractivity contribution is -0.125. The fraction of sp³-hybridized carbons (Fsp3) is 0.471. The smallest absolute Gasteiger partial charge is 0.338 e. The fourth-order valence-electron chi connectivity index (χ4n) is 2.94. The second-order valence-electron chi connectivity index (χ2n) is 6.41. The summed E-state index contributed by atoms with van der Waals surface area (Å²) in [6.07, 6.45) is 5.63. The quantitative estimate of drug-likeness (QED) is 0.826. The maximum Gasteiger partial charge on any atom is 0.338 e. The van der Waals surface area contributed by atoms with Crippen molar-refractivity contribution < 1.29 is 14.3 Å². The third-order valence-electron chi connectivity index (χ3n) is 4.41. The predicted octanol–water partition coefficient (Wildman–Crippen LogP) is 1.51. The molecule has 0 aliphatic heterocycles. The van der Waals surface area contributed by atoms with Gasteiger partial charge in [-0.2, -0.15) is 0 Å². The van der Waals surface area contributed by atoms with E-state index in [1.165, 1.54) is 11.0 Å².